The Balaban J connectivity index is 2.28. The SMILES string of the molecule is [2H]C1(C(C)C)C(=O)N(C)c2ccccc2C1c1ccc(F)cc1. The van der Waals surface area contributed by atoms with Crippen LogP contribution < -0.4 is 4.90 Å². The quantitative estimate of drug-likeness (QED) is 0.813. The van der Waals surface area contributed by atoms with E-state index in [0.717, 1.165) is 16.8 Å². The number of para-hydroxylation sites is 1. The number of carbonyl (C=O) groups is 1. The van der Waals surface area contributed by atoms with Crippen LogP contribution in [0.15, 0.2) is 48.5 Å². The molecule has 0 saturated carbocycles. The summed E-state index contributed by atoms with van der Waals surface area (Å²) in [5, 5.41) is 0. The van der Waals surface area contributed by atoms with Crippen LogP contribution in [-0.2, 0) is 4.79 Å². The topological polar surface area (TPSA) is 20.3 Å². The normalized spacial score (nSPS) is 25.1. The lowest BCUT2D eigenvalue weighted by atomic mass is 9.72. The van der Waals surface area contributed by atoms with Gasteiger partial charge in [0.05, 0.1) is 5.89 Å². The van der Waals surface area contributed by atoms with Crippen molar-refractivity contribution in [2.75, 3.05) is 11.9 Å². The van der Waals surface area contributed by atoms with Gasteiger partial charge < -0.3 is 4.90 Å². The van der Waals surface area contributed by atoms with Crippen LogP contribution in [0.2, 0.25) is 0 Å². The second kappa shape index (κ2) is 5.56. The van der Waals surface area contributed by atoms with Gasteiger partial charge in [0.2, 0.25) is 5.91 Å². The summed E-state index contributed by atoms with van der Waals surface area (Å²) in [5.74, 6) is -2.45. The van der Waals surface area contributed by atoms with Crippen LogP contribution in [0, 0.1) is 17.6 Å². The predicted molar refractivity (Wildman–Crippen MR) is 86.4 cm³/mol. The lowest BCUT2D eigenvalue weighted by molar-refractivity contribution is -0.124. The van der Waals surface area contributed by atoms with E-state index in [4.69, 9.17) is 1.37 Å². The fraction of sp³-hybridized carbons (Fsp3) is 0.316. The summed E-state index contributed by atoms with van der Waals surface area (Å²) in [4.78, 5) is 14.5. The highest BCUT2D eigenvalue weighted by Gasteiger charge is 2.41. The fourth-order valence-corrected chi connectivity index (χ4v) is 3.23. The number of nitrogens with zero attached hydrogens (tertiary/aromatic N) is 1. The van der Waals surface area contributed by atoms with Crippen molar-refractivity contribution in [1.29, 1.82) is 0 Å². The maximum atomic E-state index is 13.3. The fourth-order valence-electron chi connectivity index (χ4n) is 3.23. The van der Waals surface area contributed by atoms with Crippen LogP contribution in [0.5, 0.6) is 0 Å². The standard InChI is InChI=1S/C19H20FNO/c1-12(2)17-18(13-8-10-14(20)11-9-13)15-6-4-5-7-16(15)21(3)19(17)22/h4-12,17-18H,1-3H3/i17D. The number of amides is 1. The third kappa shape index (κ3) is 2.31. The van der Waals surface area contributed by atoms with Crippen LogP contribution in [0.1, 0.15) is 32.3 Å². The van der Waals surface area contributed by atoms with Crippen LogP contribution >= 0.6 is 0 Å². The van der Waals surface area contributed by atoms with Crippen molar-refractivity contribution in [3.05, 3.63) is 65.5 Å². The molecule has 2 unspecified atom stereocenters. The van der Waals surface area contributed by atoms with Gasteiger partial charge in [-0.25, -0.2) is 4.39 Å². The number of carbonyl (C=O) groups excluding carboxylic acids is 1. The smallest absolute Gasteiger partial charge is 0.231 e. The van der Waals surface area contributed by atoms with Crippen LogP contribution in [0.4, 0.5) is 10.1 Å². The Hall–Kier alpha value is -2.16. The number of halogens is 1. The Morgan fingerprint density at radius 2 is 1.77 bits per heavy atom. The second-order valence-corrected chi connectivity index (χ2v) is 6.02. The number of anilines is 1. The highest BCUT2D eigenvalue weighted by Crippen LogP contribution is 2.45. The third-order valence-corrected chi connectivity index (χ3v) is 4.30. The molecular formula is C19H20FNO. The molecule has 0 aliphatic carbocycles. The van der Waals surface area contributed by atoms with Gasteiger partial charge in [-0.05, 0) is 35.2 Å². The zero-order valence-corrected chi connectivity index (χ0v) is 13.0. The minimum atomic E-state index is -1.32. The molecule has 0 radical (unpaired) electrons. The van der Waals surface area contributed by atoms with Crippen molar-refractivity contribution in [3.63, 3.8) is 0 Å². The monoisotopic (exact) mass is 298 g/mol. The first-order valence-corrected chi connectivity index (χ1v) is 7.50. The molecule has 2 aromatic carbocycles. The molecule has 0 fully saturated rings. The molecule has 1 aliphatic heterocycles. The number of benzene rings is 2. The summed E-state index contributed by atoms with van der Waals surface area (Å²) < 4.78 is 22.3. The van der Waals surface area contributed by atoms with Gasteiger partial charge in [-0.1, -0.05) is 44.2 Å². The molecule has 2 nitrogen and oxygen atoms in total. The summed E-state index contributed by atoms with van der Waals surface area (Å²) in [6.07, 6.45) is 0. The molecule has 0 saturated heterocycles. The number of hydrogen-bond acceptors (Lipinski definition) is 1. The van der Waals surface area contributed by atoms with Crippen LogP contribution in [0.25, 0.3) is 0 Å². The van der Waals surface area contributed by atoms with E-state index < -0.39 is 11.8 Å². The molecule has 2 aromatic rings. The first-order chi connectivity index (χ1) is 10.9. The van der Waals surface area contributed by atoms with E-state index in [-0.39, 0.29) is 17.6 Å². The zero-order valence-electron chi connectivity index (χ0n) is 14.0. The molecule has 1 aliphatic rings. The Bertz CT molecular complexity index is 743. The van der Waals surface area contributed by atoms with E-state index in [9.17, 15) is 9.18 Å². The minimum Gasteiger partial charge on any atom is -0.315 e. The Morgan fingerprint density at radius 1 is 1.14 bits per heavy atom. The molecule has 114 valence electrons. The van der Waals surface area contributed by atoms with Crippen molar-refractivity contribution in [3.8, 4) is 0 Å². The molecule has 3 rings (SSSR count). The Kier molecular flexibility index (Phi) is 3.41. The van der Waals surface area contributed by atoms with Crippen LogP contribution in [-0.4, -0.2) is 13.0 Å². The lowest BCUT2D eigenvalue weighted by Gasteiger charge is -2.40. The molecule has 3 heteroatoms. The zero-order chi connectivity index (χ0) is 16.8. The van der Waals surface area contributed by atoms with Crippen molar-refractivity contribution >= 4 is 11.6 Å². The van der Waals surface area contributed by atoms with E-state index in [2.05, 4.69) is 0 Å². The van der Waals surface area contributed by atoms with Gasteiger partial charge in [-0.3, -0.25) is 4.79 Å². The molecule has 0 N–H and O–H groups in total. The largest absolute Gasteiger partial charge is 0.315 e. The maximum Gasteiger partial charge on any atom is 0.231 e. The van der Waals surface area contributed by atoms with Gasteiger partial charge in [0.1, 0.15) is 5.82 Å². The Morgan fingerprint density at radius 3 is 2.41 bits per heavy atom. The van der Waals surface area contributed by atoms with Crippen molar-refractivity contribution in [2.45, 2.75) is 19.8 Å². The van der Waals surface area contributed by atoms with Gasteiger partial charge in [0.25, 0.3) is 0 Å². The Labute approximate surface area is 132 Å². The van der Waals surface area contributed by atoms with Gasteiger partial charge in [0.15, 0.2) is 0 Å². The molecular weight excluding hydrogens is 277 g/mol. The molecule has 1 heterocycles. The molecule has 0 aromatic heterocycles. The maximum absolute atomic E-state index is 13.3. The van der Waals surface area contributed by atoms with E-state index in [0.29, 0.717) is 0 Å². The molecule has 0 spiro atoms. The van der Waals surface area contributed by atoms with E-state index in [1.807, 2.05) is 38.1 Å². The van der Waals surface area contributed by atoms with Gasteiger partial charge in [-0.2, -0.15) is 0 Å². The summed E-state index contributed by atoms with van der Waals surface area (Å²) in [6, 6.07) is 13.8. The average molecular weight is 298 g/mol. The average Bonchev–Trinajstić information content (AvgIpc) is 2.54. The first kappa shape index (κ1) is 13.5. The van der Waals surface area contributed by atoms with Crippen LogP contribution in [0.3, 0.4) is 0 Å². The third-order valence-electron chi connectivity index (χ3n) is 4.30. The molecule has 1 amide bonds. The second-order valence-electron chi connectivity index (χ2n) is 6.02. The van der Waals surface area contributed by atoms with Crippen molar-refractivity contribution < 1.29 is 10.6 Å². The van der Waals surface area contributed by atoms with Gasteiger partial charge >= 0.3 is 0 Å². The van der Waals surface area contributed by atoms with E-state index in [1.54, 1.807) is 24.1 Å². The summed E-state index contributed by atoms with van der Waals surface area (Å²) in [7, 11) is 1.72. The first-order valence-electron chi connectivity index (χ1n) is 8.00. The van der Waals surface area contributed by atoms with E-state index >= 15 is 0 Å². The van der Waals surface area contributed by atoms with Gasteiger partial charge in [0, 0.05) is 20.0 Å². The summed E-state index contributed by atoms with van der Waals surface area (Å²) in [5.41, 5.74) is 2.55. The van der Waals surface area contributed by atoms with E-state index in [1.165, 1.54) is 12.1 Å². The van der Waals surface area contributed by atoms with Crippen molar-refractivity contribution in [1.82, 2.24) is 0 Å². The van der Waals surface area contributed by atoms with Crippen molar-refractivity contribution in [2.24, 2.45) is 11.8 Å². The molecule has 2 atom stereocenters. The lowest BCUT2D eigenvalue weighted by Crippen LogP contribution is -2.43. The highest BCUT2D eigenvalue weighted by molar-refractivity contribution is 5.99. The number of fused-ring (bicyclic) bond motifs is 1. The van der Waals surface area contributed by atoms with Gasteiger partial charge in [-0.15, -0.1) is 0 Å². The minimum absolute atomic E-state index is 0.180. The summed E-state index contributed by atoms with van der Waals surface area (Å²) in [6.45, 7) is 3.78. The molecule has 22 heavy (non-hydrogen) atoms. The highest BCUT2D eigenvalue weighted by atomic mass is 19.1. The number of hydrogen-bond donors (Lipinski definition) is 0. The number of rotatable bonds is 2. The summed E-state index contributed by atoms with van der Waals surface area (Å²) >= 11 is 0. The molecule has 0 bridgehead atoms. The predicted octanol–water partition coefficient (Wildman–Crippen LogP) is 4.21.